The molecule has 0 saturated heterocycles. The predicted molar refractivity (Wildman–Crippen MR) is 64.1 cm³/mol. The molecular formula is C12H15NS. The van der Waals surface area contributed by atoms with Crippen LogP contribution >= 0.6 is 11.8 Å². The van der Waals surface area contributed by atoms with Crippen LogP contribution in [0.25, 0.3) is 0 Å². The van der Waals surface area contributed by atoms with E-state index in [9.17, 15) is 0 Å². The van der Waals surface area contributed by atoms with Gasteiger partial charge in [-0.05, 0) is 31.2 Å². The Hall–Kier alpha value is -0.760. The fraction of sp³-hybridized carbons (Fsp3) is 0.417. The van der Waals surface area contributed by atoms with Gasteiger partial charge in [0.2, 0.25) is 0 Å². The zero-order chi connectivity index (χ0) is 10.3. The molecule has 14 heavy (non-hydrogen) atoms. The highest BCUT2D eigenvalue weighted by atomic mass is 32.2. The van der Waals surface area contributed by atoms with Gasteiger partial charge in [-0.2, -0.15) is 0 Å². The van der Waals surface area contributed by atoms with Crippen LogP contribution in [0.3, 0.4) is 0 Å². The van der Waals surface area contributed by atoms with Gasteiger partial charge in [0.25, 0.3) is 0 Å². The maximum Gasteiger partial charge on any atom is 0.0806 e. The highest BCUT2D eigenvalue weighted by molar-refractivity contribution is 7.98. The van der Waals surface area contributed by atoms with Crippen LogP contribution in [-0.2, 0) is 0 Å². The Labute approximate surface area is 89.6 Å². The van der Waals surface area contributed by atoms with Gasteiger partial charge in [-0.1, -0.05) is 19.1 Å². The smallest absolute Gasteiger partial charge is 0.0806 e. The lowest BCUT2D eigenvalue weighted by Gasteiger charge is -2.09. The van der Waals surface area contributed by atoms with Gasteiger partial charge in [0, 0.05) is 16.5 Å². The van der Waals surface area contributed by atoms with E-state index in [1.54, 1.807) is 11.8 Å². The van der Waals surface area contributed by atoms with Crippen molar-refractivity contribution in [2.24, 2.45) is 4.99 Å². The number of nitrogens with zero attached hydrogens (tertiary/aromatic N) is 1. The molecule has 1 aromatic carbocycles. The number of hydrogen-bond acceptors (Lipinski definition) is 2. The number of aliphatic imine (C=N–C) groups is 1. The van der Waals surface area contributed by atoms with Crippen molar-refractivity contribution in [2.75, 3.05) is 6.26 Å². The molecule has 0 fully saturated rings. The van der Waals surface area contributed by atoms with Crippen LogP contribution in [0.5, 0.6) is 0 Å². The Bertz CT molecular complexity index is 407. The minimum absolute atomic E-state index is 0.497. The van der Waals surface area contributed by atoms with Crippen molar-refractivity contribution in [1.82, 2.24) is 0 Å². The fourth-order valence-corrected chi connectivity index (χ4v) is 2.65. The van der Waals surface area contributed by atoms with Crippen molar-refractivity contribution in [1.29, 1.82) is 0 Å². The van der Waals surface area contributed by atoms with Gasteiger partial charge in [-0.25, -0.2) is 0 Å². The minimum Gasteiger partial charge on any atom is -0.256 e. The zero-order valence-corrected chi connectivity index (χ0v) is 9.90. The highest BCUT2D eigenvalue weighted by Gasteiger charge is 2.22. The molecule has 1 unspecified atom stereocenters. The Morgan fingerprint density at radius 1 is 1.29 bits per heavy atom. The van der Waals surface area contributed by atoms with Crippen LogP contribution in [0.15, 0.2) is 22.0 Å². The number of benzene rings is 1. The average molecular weight is 205 g/mol. The molecule has 1 aromatic rings. The molecule has 1 aliphatic heterocycles. The van der Waals surface area contributed by atoms with Crippen molar-refractivity contribution < 1.29 is 0 Å². The van der Waals surface area contributed by atoms with Gasteiger partial charge in [0.15, 0.2) is 0 Å². The summed E-state index contributed by atoms with van der Waals surface area (Å²) in [4.78, 5) is 6.00. The van der Waals surface area contributed by atoms with E-state index in [0.29, 0.717) is 5.92 Å². The number of fused-ring (bicyclic) bond motifs is 1. The summed E-state index contributed by atoms with van der Waals surface area (Å²) in [5, 5.41) is 0. The molecule has 0 N–H and O–H groups in total. The van der Waals surface area contributed by atoms with Gasteiger partial charge in [0.1, 0.15) is 0 Å². The first-order chi connectivity index (χ1) is 6.65. The van der Waals surface area contributed by atoms with Crippen molar-refractivity contribution in [2.45, 2.75) is 31.6 Å². The maximum atomic E-state index is 4.66. The monoisotopic (exact) mass is 205 g/mol. The maximum absolute atomic E-state index is 4.66. The summed E-state index contributed by atoms with van der Waals surface area (Å²) >= 11 is 1.80. The molecule has 1 atom stereocenters. The van der Waals surface area contributed by atoms with Gasteiger partial charge in [0.05, 0.1) is 5.69 Å². The lowest BCUT2D eigenvalue weighted by Crippen LogP contribution is -1.98. The highest BCUT2D eigenvalue weighted by Crippen LogP contribution is 2.42. The molecule has 0 spiro atoms. The molecule has 0 bridgehead atoms. The van der Waals surface area contributed by atoms with Crippen LogP contribution < -0.4 is 0 Å². The molecule has 74 valence electrons. The fourth-order valence-electron chi connectivity index (χ4n) is 1.91. The first-order valence-corrected chi connectivity index (χ1v) is 6.10. The zero-order valence-electron chi connectivity index (χ0n) is 9.09. The lowest BCUT2D eigenvalue weighted by molar-refractivity contribution is 1.04. The largest absolute Gasteiger partial charge is 0.256 e. The van der Waals surface area contributed by atoms with Crippen LogP contribution in [0.1, 0.15) is 30.9 Å². The van der Waals surface area contributed by atoms with Gasteiger partial charge < -0.3 is 0 Å². The predicted octanol–water partition coefficient (Wildman–Crippen LogP) is 3.93. The van der Waals surface area contributed by atoms with E-state index in [0.717, 1.165) is 0 Å². The summed E-state index contributed by atoms with van der Waals surface area (Å²) in [6, 6.07) is 4.42. The third kappa shape index (κ3) is 1.29. The third-order valence-corrected chi connectivity index (χ3v) is 3.87. The van der Waals surface area contributed by atoms with Crippen LogP contribution in [0.2, 0.25) is 0 Å². The molecule has 0 aliphatic carbocycles. The molecule has 0 aromatic heterocycles. The van der Waals surface area contributed by atoms with Gasteiger partial charge in [-0.15, -0.1) is 11.8 Å². The van der Waals surface area contributed by atoms with Crippen molar-refractivity contribution in [3.8, 4) is 0 Å². The second-order valence-electron chi connectivity index (χ2n) is 3.83. The van der Waals surface area contributed by atoms with Crippen molar-refractivity contribution >= 4 is 23.2 Å². The molecule has 1 aliphatic rings. The van der Waals surface area contributed by atoms with E-state index in [-0.39, 0.29) is 0 Å². The standard InChI is InChI=1S/C12H15NS/c1-7-5-6-10-8(2)9(3)13-11(10)12(7)14-4/h5-6,8H,1-4H3. The molecule has 2 rings (SSSR count). The Morgan fingerprint density at radius 2 is 2.00 bits per heavy atom. The first-order valence-electron chi connectivity index (χ1n) is 4.87. The lowest BCUT2D eigenvalue weighted by atomic mass is 9.98. The number of rotatable bonds is 1. The van der Waals surface area contributed by atoms with E-state index in [1.165, 1.54) is 27.4 Å². The minimum atomic E-state index is 0.497. The summed E-state index contributed by atoms with van der Waals surface area (Å²) < 4.78 is 0. The molecular weight excluding hydrogens is 190 g/mol. The van der Waals surface area contributed by atoms with E-state index in [4.69, 9.17) is 0 Å². The van der Waals surface area contributed by atoms with Crippen molar-refractivity contribution in [3.05, 3.63) is 23.3 Å². The quantitative estimate of drug-likeness (QED) is 0.633. The Kier molecular flexibility index (Phi) is 2.40. The summed E-state index contributed by atoms with van der Waals surface area (Å²) in [6.45, 7) is 6.49. The Morgan fingerprint density at radius 3 is 2.64 bits per heavy atom. The van der Waals surface area contributed by atoms with Crippen molar-refractivity contribution in [3.63, 3.8) is 0 Å². The van der Waals surface area contributed by atoms with E-state index < -0.39 is 0 Å². The third-order valence-electron chi connectivity index (χ3n) is 2.95. The second kappa shape index (κ2) is 3.43. The number of hydrogen-bond donors (Lipinski definition) is 0. The summed E-state index contributed by atoms with van der Waals surface area (Å²) in [7, 11) is 0. The summed E-state index contributed by atoms with van der Waals surface area (Å²) in [5.41, 5.74) is 5.17. The summed E-state index contributed by atoms with van der Waals surface area (Å²) in [5.74, 6) is 0.497. The first kappa shape index (κ1) is 9.78. The molecule has 0 saturated carbocycles. The van der Waals surface area contributed by atoms with E-state index in [1.807, 2.05) is 0 Å². The van der Waals surface area contributed by atoms with Crippen LogP contribution in [-0.4, -0.2) is 12.0 Å². The topological polar surface area (TPSA) is 12.4 Å². The molecule has 1 nitrogen and oxygen atoms in total. The SMILES string of the molecule is CSc1c(C)ccc2c1N=C(C)C2C. The molecule has 2 heteroatoms. The summed E-state index contributed by atoms with van der Waals surface area (Å²) in [6.07, 6.45) is 2.12. The average Bonchev–Trinajstić information content (AvgIpc) is 2.43. The molecule has 0 amide bonds. The second-order valence-corrected chi connectivity index (χ2v) is 4.64. The normalized spacial score (nSPS) is 19.4. The van der Waals surface area contributed by atoms with Crippen LogP contribution in [0, 0.1) is 6.92 Å². The molecule has 0 radical (unpaired) electrons. The van der Waals surface area contributed by atoms with Crippen LogP contribution in [0.4, 0.5) is 5.69 Å². The van der Waals surface area contributed by atoms with E-state index in [2.05, 4.69) is 44.2 Å². The van der Waals surface area contributed by atoms with Gasteiger partial charge in [-0.3, -0.25) is 4.99 Å². The van der Waals surface area contributed by atoms with Gasteiger partial charge >= 0.3 is 0 Å². The molecule has 1 heterocycles. The Balaban J connectivity index is 2.65. The number of thioether (sulfide) groups is 1. The van der Waals surface area contributed by atoms with E-state index >= 15 is 0 Å². The number of aryl methyl sites for hydroxylation is 1.